The van der Waals surface area contributed by atoms with E-state index < -0.39 is 46.6 Å². The molecule has 236 valence electrons. The van der Waals surface area contributed by atoms with Crippen LogP contribution in [0.3, 0.4) is 0 Å². The second kappa shape index (κ2) is 14.9. The van der Waals surface area contributed by atoms with Crippen LogP contribution in [-0.4, -0.2) is 60.2 Å². The maximum absolute atomic E-state index is 13.8. The number of nitrogens with one attached hydrogen (secondary N) is 3. The molecule has 45 heavy (non-hydrogen) atoms. The molecule has 3 N–H and O–H groups in total. The molecule has 10 nitrogen and oxygen atoms in total. The van der Waals surface area contributed by atoms with Crippen molar-refractivity contribution < 1.29 is 58.6 Å². The van der Waals surface area contributed by atoms with Gasteiger partial charge in [0.05, 0.1) is 33.0 Å². The third kappa shape index (κ3) is 7.52. The van der Waals surface area contributed by atoms with Gasteiger partial charge in [-0.3, -0.25) is 19.2 Å². The molecule has 0 aromatic heterocycles. The number of likely N-dealkylation sites (N-methyl/N-ethyl adjacent to an activating group) is 1. The number of likely N-dealkylation sites (tertiary alicyclic amines) is 1. The fourth-order valence-corrected chi connectivity index (χ4v) is 7.01. The standard InChI is InChI=1S/C32H38Cl2N4O6.Na/c1-31(2)20(14-15-32(31,3)30(44)38-16-6-9-24(38)27(40)35-4)26(39)37-23(29(42)43)17-18-10-12-19(13-11-18)36-28(41)25-21(33)7-5-8-22(25)34;/h5,7-8,10-13,20,23-24H,6,9,14-17H2,1-4H3,(H,35,40)(H,36,41)(H,37,39)(H,42,43);/q;+1/p-1. The predicted octanol–water partition coefficient (Wildman–Crippen LogP) is 0.206. The molecule has 2 aliphatic rings. The number of halogens is 2. The van der Waals surface area contributed by atoms with Gasteiger partial charge in [0, 0.05) is 25.2 Å². The van der Waals surface area contributed by atoms with E-state index in [1.165, 1.54) is 0 Å². The Morgan fingerprint density at radius 2 is 1.60 bits per heavy atom. The maximum atomic E-state index is 13.8. The van der Waals surface area contributed by atoms with Gasteiger partial charge in [-0.25, -0.2) is 0 Å². The molecule has 1 saturated carbocycles. The summed E-state index contributed by atoms with van der Waals surface area (Å²) >= 11 is 12.2. The van der Waals surface area contributed by atoms with Crippen LogP contribution in [-0.2, 0) is 25.6 Å². The van der Waals surface area contributed by atoms with E-state index in [1.807, 2.05) is 20.8 Å². The number of benzene rings is 2. The fraction of sp³-hybridized carbons (Fsp3) is 0.469. The van der Waals surface area contributed by atoms with Crippen LogP contribution in [0.4, 0.5) is 5.69 Å². The number of carboxylic acid groups (broad SMARTS) is 1. The van der Waals surface area contributed by atoms with Gasteiger partial charge in [0.25, 0.3) is 5.91 Å². The number of carboxylic acids is 1. The molecule has 1 aliphatic carbocycles. The molecule has 4 unspecified atom stereocenters. The van der Waals surface area contributed by atoms with Crippen LogP contribution < -0.4 is 50.6 Å². The number of amides is 4. The van der Waals surface area contributed by atoms with Crippen molar-refractivity contribution in [3.63, 3.8) is 0 Å². The maximum Gasteiger partial charge on any atom is 1.00 e. The van der Waals surface area contributed by atoms with Gasteiger partial charge >= 0.3 is 29.6 Å². The zero-order valence-corrected chi connectivity index (χ0v) is 29.7. The van der Waals surface area contributed by atoms with Crippen LogP contribution in [0.15, 0.2) is 42.5 Å². The third-order valence-corrected chi connectivity index (χ3v) is 10.1. The molecule has 2 aromatic rings. The summed E-state index contributed by atoms with van der Waals surface area (Å²) in [4.78, 5) is 66.1. The molecule has 4 amide bonds. The van der Waals surface area contributed by atoms with E-state index >= 15 is 0 Å². The van der Waals surface area contributed by atoms with Crippen molar-refractivity contribution >= 4 is 58.5 Å². The molecule has 0 bridgehead atoms. The van der Waals surface area contributed by atoms with Gasteiger partial charge in [0.2, 0.25) is 17.7 Å². The topological polar surface area (TPSA) is 148 Å². The van der Waals surface area contributed by atoms with Crippen molar-refractivity contribution in [2.24, 2.45) is 16.7 Å². The van der Waals surface area contributed by atoms with E-state index in [9.17, 15) is 29.1 Å². The van der Waals surface area contributed by atoms with Crippen molar-refractivity contribution in [3.8, 4) is 0 Å². The second-order valence-electron chi connectivity index (χ2n) is 12.2. The van der Waals surface area contributed by atoms with Crippen LogP contribution >= 0.6 is 23.2 Å². The predicted molar refractivity (Wildman–Crippen MR) is 165 cm³/mol. The van der Waals surface area contributed by atoms with E-state index in [2.05, 4.69) is 16.0 Å². The van der Waals surface area contributed by atoms with Gasteiger partial charge < -0.3 is 30.8 Å². The first-order chi connectivity index (χ1) is 20.7. The van der Waals surface area contributed by atoms with Gasteiger partial charge in [-0.2, -0.15) is 0 Å². The zero-order valence-electron chi connectivity index (χ0n) is 26.2. The number of carbonyl (C=O) groups is 5. The van der Waals surface area contributed by atoms with Crippen molar-refractivity contribution in [1.29, 1.82) is 0 Å². The Morgan fingerprint density at radius 1 is 0.978 bits per heavy atom. The quantitative estimate of drug-likeness (QED) is 0.326. The van der Waals surface area contributed by atoms with E-state index in [4.69, 9.17) is 23.2 Å². The average Bonchev–Trinajstić information content (AvgIpc) is 3.55. The van der Waals surface area contributed by atoms with Crippen molar-refractivity contribution in [2.75, 3.05) is 18.9 Å². The molecule has 2 aromatic carbocycles. The Kier molecular flexibility index (Phi) is 12.2. The van der Waals surface area contributed by atoms with Crippen molar-refractivity contribution in [1.82, 2.24) is 15.5 Å². The first-order valence-corrected chi connectivity index (χ1v) is 15.3. The summed E-state index contributed by atoms with van der Waals surface area (Å²) in [5.74, 6) is -3.40. The summed E-state index contributed by atoms with van der Waals surface area (Å²) in [5, 5.41) is 20.5. The molecule has 0 spiro atoms. The molecule has 13 heteroatoms. The molecule has 4 rings (SSSR count). The summed E-state index contributed by atoms with van der Waals surface area (Å²) in [5.41, 5.74) is -0.564. The van der Waals surface area contributed by atoms with Crippen LogP contribution in [0.1, 0.15) is 62.4 Å². The van der Waals surface area contributed by atoms with Crippen LogP contribution in [0, 0.1) is 16.7 Å². The molecule has 0 radical (unpaired) electrons. The first-order valence-electron chi connectivity index (χ1n) is 14.6. The Bertz CT molecular complexity index is 1450. The summed E-state index contributed by atoms with van der Waals surface area (Å²) < 4.78 is 0. The van der Waals surface area contributed by atoms with E-state index in [0.717, 1.165) is 6.42 Å². The number of hydrogen-bond acceptors (Lipinski definition) is 6. The largest absolute Gasteiger partial charge is 1.00 e. The molecule has 4 atom stereocenters. The molecule has 1 heterocycles. The number of aliphatic carboxylic acids is 1. The molecular formula is C32H37Cl2N4NaO6. The summed E-state index contributed by atoms with van der Waals surface area (Å²) in [6, 6.07) is 9.38. The smallest absolute Gasteiger partial charge is 0.548 e. The van der Waals surface area contributed by atoms with Gasteiger partial charge in [0.1, 0.15) is 6.04 Å². The normalized spacial score (nSPS) is 22.6. The number of rotatable bonds is 9. The fourth-order valence-electron chi connectivity index (χ4n) is 6.44. The molecule has 1 aliphatic heterocycles. The van der Waals surface area contributed by atoms with Crippen molar-refractivity contribution in [2.45, 2.75) is 65.0 Å². The van der Waals surface area contributed by atoms with E-state index in [1.54, 1.807) is 54.4 Å². The minimum absolute atomic E-state index is 0. The third-order valence-electron chi connectivity index (χ3n) is 9.52. The summed E-state index contributed by atoms with van der Waals surface area (Å²) in [6.07, 6.45) is 2.08. The average molecular weight is 668 g/mol. The minimum Gasteiger partial charge on any atom is -0.548 e. The van der Waals surface area contributed by atoms with Gasteiger partial charge in [-0.05, 0) is 67.3 Å². The molecular weight excluding hydrogens is 630 g/mol. The van der Waals surface area contributed by atoms with Crippen LogP contribution in [0.5, 0.6) is 0 Å². The van der Waals surface area contributed by atoms with Crippen LogP contribution in [0.2, 0.25) is 10.0 Å². The van der Waals surface area contributed by atoms with E-state index in [0.29, 0.717) is 37.1 Å². The Balaban J connectivity index is 0.00000552. The Morgan fingerprint density at radius 3 is 2.18 bits per heavy atom. The monoisotopic (exact) mass is 666 g/mol. The number of anilines is 1. The number of carbonyl (C=O) groups excluding carboxylic acids is 5. The Hall–Kier alpha value is -2.63. The first kappa shape index (κ1) is 36.8. The zero-order chi connectivity index (χ0) is 32.4. The van der Waals surface area contributed by atoms with Gasteiger partial charge in [0.15, 0.2) is 0 Å². The van der Waals surface area contributed by atoms with Crippen molar-refractivity contribution in [3.05, 3.63) is 63.6 Å². The molecule has 1 saturated heterocycles. The Labute approximate surface area is 295 Å². The van der Waals surface area contributed by atoms with Gasteiger partial charge in [-0.1, -0.05) is 62.2 Å². The molecule has 2 fully saturated rings. The van der Waals surface area contributed by atoms with Gasteiger partial charge in [-0.15, -0.1) is 0 Å². The SMILES string of the molecule is CNC(=O)C1CCCN1C(=O)C1(C)CCC(C(=O)NC(Cc2ccc(NC(=O)c3c(Cl)cccc3Cl)cc2)C(=O)[O-])C1(C)C.[Na+]. The summed E-state index contributed by atoms with van der Waals surface area (Å²) in [6.45, 7) is 6.01. The number of hydrogen-bond donors (Lipinski definition) is 3. The summed E-state index contributed by atoms with van der Waals surface area (Å²) in [7, 11) is 1.55. The minimum atomic E-state index is -1.44. The second-order valence-corrected chi connectivity index (χ2v) is 13.1. The van der Waals surface area contributed by atoms with Crippen LogP contribution in [0.25, 0.3) is 0 Å². The van der Waals surface area contributed by atoms with E-state index in [-0.39, 0.29) is 63.4 Å². The number of nitrogens with zero attached hydrogens (tertiary/aromatic N) is 1.